The van der Waals surface area contributed by atoms with Crippen LogP contribution in [-0.4, -0.2) is 22.5 Å². The predicted octanol–water partition coefficient (Wildman–Crippen LogP) is 3.14. The second-order valence-electron chi connectivity index (χ2n) is 5.11. The molecule has 7 nitrogen and oxygen atoms in total. The van der Waals surface area contributed by atoms with Crippen molar-refractivity contribution < 1.29 is 13.9 Å². The minimum Gasteiger partial charge on any atom is -0.492 e. The maximum absolute atomic E-state index is 12.1. The van der Waals surface area contributed by atoms with Crippen LogP contribution >= 0.6 is 0 Å². The number of carbonyl (C=O) groups excluding carboxylic acids is 1. The van der Waals surface area contributed by atoms with E-state index >= 15 is 0 Å². The zero-order chi connectivity index (χ0) is 17.5. The maximum atomic E-state index is 12.1. The molecule has 0 aliphatic carbocycles. The number of hydrogen-bond donors (Lipinski definition) is 2. The van der Waals surface area contributed by atoms with Gasteiger partial charge in [-0.15, -0.1) is 0 Å². The monoisotopic (exact) mass is 338 g/mol. The Morgan fingerprint density at radius 2 is 1.96 bits per heavy atom. The van der Waals surface area contributed by atoms with Gasteiger partial charge < -0.3 is 19.8 Å². The zero-order valence-corrected chi connectivity index (χ0v) is 13.7. The molecule has 3 aromatic rings. The molecule has 2 aromatic heterocycles. The number of furan rings is 1. The van der Waals surface area contributed by atoms with Crippen molar-refractivity contribution in [3.05, 3.63) is 66.4 Å². The standard InChI is InChI=1S/C18H18N4O3/c1-2-24-16-8-4-3-7-15(16)22-18-20-10-13(11-21-18)17(23)19-12-14-6-5-9-25-14/h3-11H,2,12H2,1H3,(H,19,23)(H,20,21,22). The number of rotatable bonds is 7. The Morgan fingerprint density at radius 1 is 1.16 bits per heavy atom. The first-order valence-electron chi connectivity index (χ1n) is 7.87. The molecule has 0 aliphatic heterocycles. The molecule has 0 atom stereocenters. The van der Waals surface area contributed by atoms with Gasteiger partial charge in [-0.25, -0.2) is 9.97 Å². The number of carbonyl (C=O) groups is 1. The normalized spacial score (nSPS) is 10.3. The number of anilines is 2. The van der Waals surface area contributed by atoms with E-state index in [1.807, 2.05) is 31.2 Å². The first kappa shape index (κ1) is 16.5. The van der Waals surface area contributed by atoms with E-state index in [2.05, 4.69) is 20.6 Å². The van der Waals surface area contributed by atoms with E-state index in [-0.39, 0.29) is 5.91 Å². The Bertz CT molecular complexity index is 817. The van der Waals surface area contributed by atoms with Crippen LogP contribution in [0.2, 0.25) is 0 Å². The van der Waals surface area contributed by atoms with Crippen molar-refractivity contribution >= 4 is 17.5 Å². The van der Waals surface area contributed by atoms with E-state index in [9.17, 15) is 4.79 Å². The Balaban J connectivity index is 1.63. The quantitative estimate of drug-likeness (QED) is 0.688. The molecule has 0 unspecified atom stereocenters. The minimum atomic E-state index is -0.266. The molecular weight excluding hydrogens is 320 g/mol. The van der Waals surface area contributed by atoms with Crippen LogP contribution in [0.3, 0.4) is 0 Å². The molecule has 0 saturated carbocycles. The van der Waals surface area contributed by atoms with Gasteiger partial charge in [0.15, 0.2) is 0 Å². The fraction of sp³-hybridized carbons (Fsp3) is 0.167. The van der Waals surface area contributed by atoms with Crippen LogP contribution in [0.5, 0.6) is 5.75 Å². The van der Waals surface area contributed by atoms with Crippen molar-refractivity contribution in [3.8, 4) is 5.75 Å². The lowest BCUT2D eigenvalue weighted by Crippen LogP contribution is -2.23. The molecule has 0 saturated heterocycles. The minimum absolute atomic E-state index is 0.266. The Kier molecular flexibility index (Phi) is 5.26. The highest BCUT2D eigenvalue weighted by Gasteiger charge is 2.09. The molecule has 1 aromatic carbocycles. The fourth-order valence-electron chi connectivity index (χ4n) is 2.16. The van der Waals surface area contributed by atoms with Gasteiger partial charge in [0.2, 0.25) is 5.95 Å². The van der Waals surface area contributed by atoms with E-state index < -0.39 is 0 Å². The van der Waals surface area contributed by atoms with Gasteiger partial charge in [-0.3, -0.25) is 4.79 Å². The number of amides is 1. The van der Waals surface area contributed by atoms with Gasteiger partial charge in [-0.2, -0.15) is 0 Å². The average molecular weight is 338 g/mol. The van der Waals surface area contributed by atoms with Crippen LogP contribution in [0.1, 0.15) is 23.0 Å². The average Bonchev–Trinajstić information content (AvgIpc) is 3.16. The van der Waals surface area contributed by atoms with E-state index in [0.717, 1.165) is 5.69 Å². The third-order valence-electron chi connectivity index (χ3n) is 3.35. The SMILES string of the molecule is CCOc1ccccc1Nc1ncc(C(=O)NCc2ccco2)cn1. The Hall–Kier alpha value is -3.35. The van der Waals surface area contributed by atoms with Gasteiger partial charge in [-0.05, 0) is 31.2 Å². The number of benzene rings is 1. The molecule has 0 spiro atoms. The fourth-order valence-corrected chi connectivity index (χ4v) is 2.16. The largest absolute Gasteiger partial charge is 0.492 e. The zero-order valence-electron chi connectivity index (χ0n) is 13.7. The summed E-state index contributed by atoms with van der Waals surface area (Å²) < 4.78 is 10.7. The van der Waals surface area contributed by atoms with Gasteiger partial charge >= 0.3 is 0 Å². The molecule has 2 heterocycles. The summed E-state index contributed by atoms with van der Waals surface area (Å²) >= 11 is 0. The lowest BCUT2D eigenvalue weighted by molar-refractivity contribution is 0.0947. The number of aromatic nitrogens is 2. The van der Waals surface area contributed by atoms with Crippen LogP contribution in [0.25, 0.3) is 0 Å². The highest BCUT2D eigenvalue weighted by Crippen LogP contribution is 2.25. The van der Waals surface area contributed by atoms with Crippen LogP contribution in [0.15, 0.2) is 59.5 Å². The summed E-state index contributed by atoms with van der Waals surface area (Å²) in [7, 11) is 0. The van der Waals surface area contributed by atoms with E-state index in [1.165, 1.54) is 12.4 Å². The molecule has 25 heavy (non-hydrogen) atoms. The molecule has 7 heteroatoms. The third kappa shape index (κ3) is 4.35. The van der Waals surface area contributed by atoms with Crippen molar-refractivity contribution in [1.82, 2.24) is 15.3 Å². The highest BCUT2D eigenvalue weighted by molar-refractivity contribution is 5.93. The number of ether oxygens (including phenoxy) is 1. The maximum Gasteiger partial charge on any atom is 0.254 e. The molecule has 128 valence electrons. The number of para-hydroxylation sites is 2. The molecule has 2 N–H and O–H groups in total. The molecule has 0 bridgehead atoms. The lowest BCUT2D eigenvalue weighted by Gasteiger charge is -2.11. The van der Waals surface area contributed by atoms with E-state index in [4.69, 9.17) is 9.15 Å². The van der Waals surface area contributed by atoms with Crippen molar-refractivity contribution in [2.75, 3.05) is 11.9 Å². The first-order chi connectivity index (χ1) is 12.3. The van der Waals surface area contributed by atoms with Crippen LogP contribution in [-0.2, 0) is 6.54 Å². The summed E-state index contributed by atoms with van der Waals surface area (Å²) in [6.45, 7) is 2.80. The van der Waals surface area contributed by atoms with Crippen LogP contribution in [0.4, 0.5) is 11.6 Å². The molecule has 0 fully saturated rings. The summed E-state index contributed by atoms with van der Waals surface area (Å²) in [6, 6.07) is 11.1. The molecular formula is C18H18N4O3. The summed E-state index contributed by atoms with van der Waals surface area (Å²) in [5, 5.41) is 5.83. The molecule has 0 aliphatic rings. The second-order valence-corrected chi connectivity index (χ2v) is 5.11. The molecule has 0 radical (unpaired) electrons. The predicted molar refractivity (Wildman–Crippen MR) is 92.8 cm³/mol. The van der Waals surface area contributed by atoms with Gasteiger partial charge in [0, 0.05) is 12.4 Å². The summed E-state index contributed by atoms with van der Waals surface area (Å²) in [5.74, 6) is 1.52. The first-order valence-corrected chi connectivity index (χ1v) is 7.87. The summed E-state index contributed by atoms with van der Waals surface area (Å²) in [4.78, 5) is 20.4. The third-order valence-corrected chi connectivity index (χ3v) is 3.35. The van der Waals surface area contributed by atoms with Crippen molar-refractivity contribution in [2.45, 2.75) is 13.5 Å². The molecule has 3 rings (SSSR count). The Morgan fingerprint density at radius 3 is 2.68 bits per heavy atom. The number of nitrogens with one attached hydrogen (secondary N) is 2. The van der Waals surface area contributed by atoms with E-state index in [1.54, 1.807) is 18.4 Å². The van der Waals surface area contributed by atoms with Crippen molar-refractivity contribution in [3.63, 3.8) is 0 Å². The van der Waals surface area contributed by atoms with Gasteiger partial charge in [0.25, 0.3) is 5.91 Å². The smallest absolute Gasteiger partial charge is 0.254 e. The number of nitrogens with zero attached hydrogens (tertiary/aromatic N) is 2. The Labute approximate surface area is 145 Å². The molecule has 1 amide bonds. The van der Waals surface area contributed by atoms with Crippen LogP contribution < -0.4 is 15.4 Å². The second kappa shape index (κ2) is 7.96. The van der Waals surface area contributed by atoms with Gasteiger partial charge in [0.05, 0.1) is 30.7 Å². The summed E-state index contributed by atoms with van der Waals surface area (Å²) in [6.07, 6.45) is 4.50. The number of hydrogen-bond acceptors (Lipinski definition) is 6. The van der Waals surface area contributed by atoms with E-state index in [0.29, 0.717) is 36.2 Å². The van der Waals surface area contributed by atoms with Gasteiger partial charge in [0.1, 0.15) is 11.5 Å². The topological polar surface area (TPSA) is 89.3 Å². The summed E-state index contributed by atoms with van der Waals surface area (Å²) in [5.41, 5.74) is 1.13. The lowest BCUT2D eigenvalue weighted by atomic mass is 10.3. The van der Waals surface area contributed by atoms with Gasteiger partial charge in [-0.1, -0.05) is 12.1 Å². The van der Waals surface area contributed by atoms with Crippen molar-refractivity contribution in [2.24, 2.45) is 0 Å². The van der Waals surface area contributed by atoms with Crippen molar-refractivity contribution in [1.29, 1.82) is 0 Å². The van der Waals surface area contributed by atoms with Crippen LogP contribution in [0, 0.1) is 0 Å². The highest BCUT2D eigenvalue weighted by atomic mass is 16.5.